The third-order valence-electron chi connectivity index (χ3n) is 3.20. The molecule has 0 aliphatic rings. The van der Waals surface area contributed by atoms with Crippen LogP contribution in [0, 0.1) is 5.92 Å². The van der Waals surface area contributed by atoms with E-state index in [0.29, 0.717) is 18.2 Å². The van der Waals surface area contributed by atoms with Crippen molar-refractivity contribution < 1.29 is 4.79 Å². The van der Waals surface area contributed by atoms with Crippen LogP contribution in [0.3, 0.4) is 0 Å². The molecule has 5 nitrogen and oxygen atoms in total. The summed E-state index contributed by atoms with van der Waals surface area (Å²) in [6.07, 6.45) is 5.39. The second-order valence-corrected chi connectivity index (χ2v) is 5.91. The predicted molar refractivity (Wildman–Crippen MR) is 80.6 cm³/mol. The average molecular weight is 280 g/mol. The first-order chi connectivity index (χ1) is 9.49. The van der Waals surface area contributed by atoms with Gasteiger partial charge < -0.3 is 5.32 Å². The van der Waals surface area contributed by atoms with Crippen molar-refractivity contribution in [3.8, 4) is 0 Å². The van der Waals surface area contributed by atoms with Gasteiger partial charge in [0.15, 0.2) is 0 Å². The fourth-order valence-electron chi connectivity index (χ4n) is 1.93. The monoisotopic (exact) mass is 280 g/mol. The normalized spacial score (nSPS) is 11.5. The van der Waals surface area contributed by atoms with E-state index in [1.165, 1.54) is 0 Å². The number of aryl methyl sites for hydroxylation is 2. The first kappa shape index (κ1) is 16.8. The molecule has 1 rings (SSSR count). The fraction of sp³-hybridized carbons (Fsp3) is 0.800. The highest BCUT2D eigenvalue weighted by Crippen LogP contribution is 2.06. The number of nitrogens with one attached hydrogen (secondary N) is 1. The number of hydrogen-bond donors (Lipinski definition) is 1. The summed E-state index contributed by atoms with van der Waals surface area (Å²) in [6, 6.07) is 0.528. The lowest BCUT2D eigenvalue weighted by Gasteiger charge is -2.06. The van der Waals surface area contributed by atoms with Gasteiger partial charge in [-0.25, -0.2) is 0 Å². The zero-order valence-corrected chi connectivity index (χ0v) is 13.2. The number of rotatable bonds is 10. The first-order valence-electron chi connectivity index (χ1n) is 7.64. The van der Waals surface area contributed by atoms with Crippen LogP contribution in [0.15, 0.2) is 6.20 Å². The number of carbonyl (C=O) groups excluding carboxylic acids is 1. The Morgan fingerprint density at radius 1 is 1.30 bits per heavy atom. The molecule has 0 saturated heterocycles. The number of ketones is 1. The first-order valence-corrected chi connectivity index (χ1v) is 7.64. The zero-order chi connectivity index (χ0) is 15.0. The lowest BCUT2D eigenvalue weighted by Crippen LogP contribution is -2.24. The van der Waals surface area contributed by atoms with Crippen LogP contribution in [0.2, 0.25) is 0 Å². The molecule has 0 bridgehead atoms. The molecule has 20 heavy (non-hydrogen) atoms. The Kier molecular flexibility index (Phi) is 7.44. The van der Waals surface area contributed by atoms with Crippen molar-refractivity contribution in [2.75, 3.05) is 6.54 Å². The number of hydrogen-bond acceptors (Lipinski definition) is 4. The van der Waals surface area contributed by atoms with Gasteiger partial charge in [0.25, 0.3) is 0 Å². The summed E-state index contributed by atoms with van der Waals surface area (Å²) < 4.78 is 1.89. The number of carbonyl (C=O) groups is 1. The maximum absolute atomic E-state index is 11.5. The predicted octanol–water partition coefficient (Wildman–Crippen LogP) is 2.21. The van der Waals surface area contributed by atoms with Crippen molar-refractivity contribution in [3.63, 3.8) is 0 Å². The minimum Gasteiger partial charge on any atom is -0.314 e. The molecule has 0 aromatic carbocycles. The van der Waals surface area contributed by atoms with E-state index < -0.39 is 0 Å². The highest BCUT2D eigenvalue weighted by atomic mass is 16.1. The van der Waals surface area contributed by atoms with Crippen molar-refractivity contribution in [1.82, 2.24) is 20.3 Å². The van der Waals surface area contributed by atoms with Gasteiger partial charge in [0.05, 0.1) is 5.69 Å². The molecule has 0 radical (unpaired) electrons. The number of aromatic nitrogens is 3. The van der Waals surface area contributed by atoms with Gasteiger partial charge in [0, 0.05) is 31.1 Å². The van der Waals surface area contributed by atoms with Crippen molar-refractivity contribution in [2.24, 2.45) is 5.92 Å². The molecule has 0 amide bonds. The zero-order valence-electron chi connectivity index (χ0n) is 13.2. The SMILES string of the molecule is CC(C)NCCCn1cc(CCCC(=O)C(C)C)nn1. The molecule has 5 heteroatoms. The largest absolute Gasteiger partial charge is 0.314 e. The van der Waals surface area contributed by atoms with Crippen molar-refractivity contribution in [1.29, 1.82) is 0 Å². The summed E-state index contributed by atoms with van der Waals surface area (Å²) in [6.45, 7) is 10.1. The molecule has 114 valence electrons. The number of Topliss-reactive ketones (excluding diaryl/α,β-unsaturated/α-hetero) is 1. The second-order valence-electron chi connectivity index (χ2n) is 5.91. The minimum atomic E-state index is 0.138. The molecule has 0 aliphatic heterocycles. The van der Waals surface area contributed by atoms with Gasteiger partial charge in [-0.15, -0.1) is 5.10 Å². The molecule has 0 aliphatic carbocycles. The van der Waals surface area contributed by atoms with Crippen LogP contribution in [0.25, 0.3) is 0 Å². The van der Waals surface area contributed by atoms with E-state index in [1.807, 2.05) is 24.7 Å². The summed E-state index contributed by atoms with van der Waals surface area (Å²) in [4.78, 5) is 11.5. The van der Waals surface area contributed by atoms with Gasteiger partial charge in [-0.05, 0) is 25.8 Å². The molecule has 0 atom stereocenters. The Balaban J connectivity index is 2.20. The van der Waals surface area contributed by atoms with Gasteiger partial charge in [0.1, 0.15) is 5.78 Å². The molecule has 0 saturated carbocycles. The Hall–Kier alpha value is -1.23. The third kappa shape index (κ3) is 6.80. The highest BCUT2D eigenvalue weighted by molar-refractivity contribution is 5.80. The Morgan fingerprint density at radius 3 is 2.70 bits per heavy atom. The molecule has 1 N–H and O–H groups in total. The van der Waals surface area contributed by atoms with Crippen LogP contribution in [0.4, 0.5) is 0 Å². The standard InChI is InChI=1S/C15H28N4O/c1-12(2)15(20)8-5-7-14-11-19(18-17-14)10-6-9-16-13(3)4/h11-13,16H,5-10H2,1-4H3. The van der Waals surface area contributed by atoms with Gasteiger partial charge in [-0.3, -0.25) is 9.48 Å². The maximum atomic E-state index is 11.5. The summed E-state index contributed by atoms with van der Waals surface area (Å²) >= 11 is 0. The molecule has 1 heterocycles. The summed E-state index contributed by atoms with van der Waals surface area (Å²) in [5.74, 6) is 0.469. The fourth-order valence-corrected chi connectivity index (χ4v) is 1.93. The Bertz CT molecular complexity index is 398. The molecule has 0 spiro atoms. The summed E-state index contributed by atoms with van der Waals surface area (Å²) in [5.41, 5.74) is 0.985. The van der Waals surface area contributed by atoms with Crippen molar-refractivity contribution >= 4 is 5.78 Å². The average Bonchev–Trinajstić information content (AvgIpc) is 2.82. The molecule has 1 aromatic heterocycles. The summed E-state index contributed by atoms with van der Waals surface area (Å²) in [5, 5.41) is 11.7. The Morgan fingerprint density at radius 2 is 2.05 bits per heavy atom. The van der Waals surface area contributed by atoms with Crippen molar-refractivity contribution in [3.05, 3.63) is 11.9 Å². The van der Waals surface area contributed by atoms with Gasteiger partial charge in [-0.2, -0.15) is 0 Å². The van der Waals surface area contributed by atoms with Crippen LogP contribution in [0.5, 0.6) is 0 Å². The van der Waals surface area contributed by atoms with E-state index in [4.69, 9.17) is 0 Å². The van der Waals surface area contributed by atoms with Crippen LogP contribution < -0.4 is 5.32 Å². The van der Waals surface area contributed by atoms with E-state index in [1.54, 1.807) is 0 Å². The van der Waals surface area contributed by atoms with Gasteiger partial charge >= 0.3 is 0 Å². The van der Waals surface area contributed by atoms with E-state index >= 15 is 0 Å². The molecule has 0 unspecified atom stereocenters. The van der Waals surface area contributed by atoms with Gasteiger partial charge in [-0.1, -0.05) is 32.9 Å². The van der Waals surface area contributed by atoms with Crippen LogP contribution in [0.1, 0.15) is 52.7 Å². The van der Waals surface area contributed by atoms with E-state index in [9.17, 15) is 4.79 Å². The smallest absolute Gasteiger partial charge is 0.135 e. The summed E-state index contributed by atoms with van der Waals surface area (Å²) in [7, 11) is 0. The lowest BCUT2D eigenvalue weighted by molar-refractivity contribution is -0.121. The molecular formula is C15H28N4O. The van der Waals surface area contributed by atoms with E-state index in [2.05, 4.69) is 29.5 Å². The molecule has 1 aromatic rings. The lowest BCUT2D eigenvalue weighted by atomic mass is 10.0. The number of nitrogens with zero attached hydrogens (tertiary/aromatic N) is 3. The van der Waals surface area contributed by atoms with Crippen LogP contribution in [-0.2, 0) is 17.8 Å². The van der Waals surface area contributed by atoms with E-state index in [0.717, 1.165) is 38.0 Å². The quantitative estimate of drug-likeness (QED) is 0.668. The van der Waals surface area contributed by atoms with E-state index in [-0.39, 0.29) is 5.92 Å². The highest BCUT2D eigenvalue weighted by Gasteiger charge is 2.07. The molecule has 0 fully saturated rings. The third-order valence-corrected chi connectivity index (χ3v) is 3.20. The topological polar surface area (TPSA) is 59.8 Å². The van der Waals surface area contributed by atoms with Crippen molar-refractivity contribution in [2.45, 2.75) is 66.0 Å². The van der Waals surface area contributed by atoms with Crippen LogP contribution in [-0.4, -0.2) is 33.4 Å². The minimum absolute atomic E-state index is 0.138. The van der Waals surface area contributed by atoms with Crippen LogP contribution >= 0.6 is 0 Å². The maximum Gasteiger partial charge on any atom is 0.135 e. The second kappa shape index (κ2) is 8.84. The Labute approximate surface area is 122 Å². The van der Waals surface area contributed by atoms with Gasteiger partial charge in [0.2, 0.25) is 0 Å². The molecular weight excluding hydrogens is 252 g/mol.